The van der Waals surface area contributed by atoms with Crippen molar-refractivity contribution in [3.8, 4) is 0 Å². The number of esters is 1. The average molecular weight is 529 g/mol. The standard InChI is InChI=1S/C30H29FN4O4/c1-34-12-14-35(15-13-34)30(38)20-6-9-23(10-7-20)32-28(21-5-3-4-19(16-21)17-26(36)39-2)27-24-11-8-22(31)18-25(24)33-29(27)37/h3-11,16,18,32H,12-15,17H2,1-2H3,(H,33,37). The molecule has 1 saturated heterocycles. The maximum absolute atomic E-state index is 13.9. The summed E-state index contributed by atoms with van der Waals surface area (Å²) in [7, 11) is 3.37. The number of anilines is 2. The van der Waals surface area contributed by atoms with E-state index >= 15 is 0 Å². The molecule has 9 heteroatoms. The maximum atomic E-state index is 13.9. The van der Waals surface area contributed by atoms with E-state index in [9.17, 15) is 18.8 Å². The van der Waals surface area contributed by atoms with Gasteiger partial charge in [0.25, 0.3) is 11.8 Å². The summed E-state index contributed by atoms with van der Waals surface area (Å²) in [6, 6.07) is 18.5. The van der Waals surface area contributed by atoms with Gasteiger partial charge in [0.15, 0.2) is 0 Å². The van der Waals surface area contributed by atoms with Gasteiger partial charge in [-0.3, -0.25) is 14.4 Å². The number of piperazine rings is 1. The van der Waals surface area contributed by atoms with E-state index in [0.717, 1.165) is 13.1 Å². The molecule has 200 valence electrons. The van der Waals surface area contributed by atoms with Gasteiger partial charge in [-0.25, -0.2) is 4.39 Å². The Morgan fingerprint density at radius 1 is 0.974 bits per heavy atom. The second-order valence-electron chi connectivity index (χ2n) is 9.65. The Labute approximate surface area is 226 Å². The summed E-state index contributed by atoms with van der Waals surface area (Å²) < 4.78 is 18.7. The summed E-state index contributed by atoms with van der Waals surface area (Å²) in [4.78, 5) is 42.1. The van der Waals surface area contributed by atoms with Gasteiger partial charge in [-0.1, -0.05) is 18.2 Å². The fraction of sp³-hybridized carbons (Fsp3) is 0.233. The Bertz CT molecular complexity index is 1460. The molecule has 5 rings (SSSR count). The first-order chi connectivity index (χ1) is 18.8. The van der Waals surface area contributed by atoms with Crippen LogP contribution >= 0.6 is 0 Å². The molecule has 0 spiro atoms. The van der Waals surface area contributed by atoms with Crippen molar-refractivity contribution in [1.29, 1.82) is 0 Å². The van der Waals surface area contributed by atoms with E-state index in [0.29, 0.717) is 58.0 Å². The van der Waals surface area contributed by atoms with Gasteiger partial charge in [0.2, 0.25) is 0 Å². The summed E-state index contributed by atoms with van der Waals surface area (Å²) in [6.45, 7) is 3.04. The Hall–Kier alpha value is -4.50. The highest BCUT2D eigenvalue weighted by Gasteiger charge is 2.29. The quantitative estimate of drug-likeness (QED) is 0.373. The van der Waals surface area contributed by atoms with Crippen LogP contribution in [0.3, 0.4) is 0 Å². The molecular weight excluding hydrogens is 499 g/mol. The number of methoxy groups -OCH3 is 1. The van der Waals surface area contributed by atoms with Crippen LogP contribution in [0.4, 0.5) is 15.8 Å². The molecule has 2 amide bonds. The van der Waals surface area contributed by atoms with Crippen molar-refractivity contribution in [2.45, 2.75) is 6.42 Å². The first-order valence-electron chi connectivity index (χ1n) is 12.7. The summed E-state index contributed by atoms with van der Waals surface area (Å²) in [5, 5.41) is 6.09. The number of fused-ring (bicyclic) bond motifs is 1. The van der Waals surface area contributed by atoms with E-state index in [4.69, 9.17) is 4.74 Å². The number of ether oxygens (including phenoxy) is 1. The van der Waals surface area contributed by atoms with Crippen LogP contribution in [0.25, 0.3) is 11.3 Å². The van der Waals surface area contributed by atoms with Crippen molar-refractivity contribution >= 4 is 40.4 Å². The van der Waals surface area contributed by atoms with Gasteiger partial charge in [0, 0.05) is 43.0 Å². The Balaban J connectivity index is 1.50. The monoisotopic (exact) mass is 528 g/mol. The number of carbonyl (C=O) groups is 3. The topological polar surface area (TPSA) is 91.0 Å². The number of hydrogen-bond acceptors (Lipinski definition) is 6. The van der Waals surface area contributed by atoms with Crippen LogP contribution in [-0.2, 0) is 20.7 Å². The smallest absolute Gasteiger partial charge is 0.309 e. The summed E-state index contributed by atoms with van der Waals surface area (Å²) in [5.74, 6) is -1.23. The molecular formula is C30H29FN4O4. The van der Waals surface area contributed by atoms with Crippen LogP contribution in [0.2, 0.25) is 0 Å². The minimum Gasteiger partial charge on any atom is -0.469 e. The highest BCUT2D eigenvalue weighted by molar-refractivity contribution is 6.37. The lowest BCUT2D eigenvalue weighted by molar-refractivity contribution is -0.139. The fourth-order valence-corrected chi connectivity index (χ4v) is 4.78. The average Bonchev–Trinajstić information content (AvgIpc) is 3.26. The van der Waals surface area contributed by atoms with Gasteiger partial charge in [-0.2, -0.15) is 0 Å². The van der Waals surface area contributed by atoms with Crippen LogP contribution < -0.4 is 10.6 Å². The van der Waals surface area contributed by atoms with E-state index in [2.05, 4.69) is 15.5 Å². The van der Waals surface area contributed by atoms with Gasteiger partial charge in [-0.05, 0) is 66.7 Å². The number of benzene rings is 3. The highest BCUT2D eigenvalue weighted by atomic mass is 19.1. The van der Waals surface area contributed by atoms with E-state index < -0.39 is 5.82 Å². The lowest BCUT2D eigenvalue weighted by atomic mass is 9.98. The van der Waals surface area contributed by atoms with E-state index in [1.165, 1.54) is 19.2 Å². The molecule has 3 aromatic carbocycles. The molecule has 1 fully saturated rings. The Morgan fingerprint density at radius 3 is 2.44 bits per heavy atom. The zero-order valence-corrected chi connectivity index (χ0v) is 21.8. The van der Waals surface area contributed by atoms with Crippen LogP contribution in [0.1, 0.15) is 27.0 Å². The van der Waals surface area contributed by atoms with Crippen LogP contribution in [0.5, 0.6) is 0 Å². The number of likely N-dealkylation sites (N-methyl/N-ethyl adjacent to an activating group) is 1. The van der Waals surface area contributed by atoms with Crippen molar-refractivity contribution in [3.05, 3.63) is 94.8 Å². The van der Waals surface area contributed by atoms with Crippen molar-refractivity contribution in [2.75, 3.05) is 51.0 Å². The SMILES string of the molecule is COC(=O)Cc1cccc(C(Nc2ccc(C(=O)N3CCN(C)CC3)cc2)=C2C(=O)Nc3cc(F)ccc32)c1. The fourth-order valence-electron chi connectivity index (χ4n) is 4.78. The van der Waals surface area contributed by atoms with E-state index in [1.54, 1.807) is 42.5 Å². The number of carbonyl (C=O) groups excluding carboxylic acids is 3. The largest absolute Gasteiger partial charge is 0.469 e. The maximum Gasteiger partial charge on any atom is 0.309 e. The number of rotatable bonds is 6. The molecule has 0 aliphatic carbocycles. The molecule has 39 heavy (non-hydrogen) atoms. The second-order valence-corrected chi connectivity index (χ2v) is 9.65. The number of nitrogens with zero attached hydrogens (tertiary/aromatic N) is 2. The molecule has 0 bridgehead atoms. The van der Waals surface area contributed by atoms with Crippen molar-refractivity contribution < 1.29 is 23.5 Å². The molecule has 0 aromatic heterocycles. The summed E-state index contributed by atoms with van der Waals surface area (Å²) in [5.41, 5.74) is 4.40. The predicted octanol–water partition coefficient (Wildman–Crippen LogP) is 3.86. The third kappa shape index (κ3) is 5.68. The van der Waals surface area contributed by atoms with E-state index in [-0.39, 0.29) is 24.2 Å². The van der Waals surface area contributed by atoms with Crippen LogP contribution in [0, 0.1) is 5.82 Å². The normalized spacial score (nSPS) is 16.4. The van der Waals surface area contributed by atoms with Gasteiger partial charge in [0.05, 0.1) is 30.5 Å². The minimum absolute atomic E-state index is 0.0186. The lowest BCUT2D eigenvalue weighted by Gasteiger charge is -2.32. The van der Waals surface area contributed by atoms with Gasteiger partial charge in [0.1, 0.15) is 5.82 Å². The molecule has 2 aliphatic rings. The minimum atomic E-state index is -0.453. The van der Waals surface area contributed by atoms with Gasteiger partial charge in [-0.15, -0.1) is 0 Å². The third-order valence-corrected chi connectivity index (χ3v) is 6.96. The molecule has 2 heterocycles. The highest BCUT2D eigenvalue weighted by Crippen LogP contribution is 2.38. The zero-order valence-electron chi connectivity index (χ0n) is 21.8. The van der Waals surface area contributed by atoms with Crippen LogP contribution in [-0.4, -0.2) is 67.9 Å². The predicted molar refractivity (Wildman–Crippen MR) is 147 cm³/mol. The molecule has 3 aromatic rings. The van der Waals surface area contributed by atoms with Crippen LogP contribution in [0.15, 0.2) is 66.7 Å². The number of hydrogen-bond donors (Lipinski definition) is 2. The second kappa shape index (κ2) is 11.1. The van der Waals surface area contributed by atoms with Gasteiger partial charge < -0.3 is 25.2 Å². The first kappa shape index (κ1) is 26.1. The van der Waals surface area contributed by atoms with Crippen molar-refractivity contribution in [3.63, 3.8) is 0 Å². The van der Waals surface area contributed by atoms with Crippen molar-refractivity contribution in [1.82, 2.24) is 9.80 Å². The Morgan fingerprint density at radius 2 is 1.72 bits per heavy atom. The molecule has 0 unspecified atom stereocenters. The zero-order chi connectivity index (χ0) is 27.5. The molecule has 8 nitrogen and oxygen atoms in total. The molecule has 2 aliphatic heterocycles. The third-order valence-electron chi connectivity index (χ3n) is 6.96. The number of halogens is 1. The molecule has 0 saturated carbocycles. The first-order valence-corrected chi connectivity index (χ1v) is 12.7. The summed E-state index contributed by atoms with van der Waals surface area (Å²) in [6.07, 6.45) is 0.0735. The van der Waals surface area contributed by atoms with E-state index in [1.807, 2.05) is 24.1 Å². The van der Waals surface area contributed by atoms with Crippen molar-refractivity contribution in [2.24, 2.45) is 0 Å². The summed E-state index contributed by atoms with van der Waals surface area (Å²) >= 11 is 0. The lowest BCUT2D eigenvalue weighted by Crippen LogP contribution is -2.47. The number of amides is 2. The van der Waals surface area contributed by atoms with Gasteiger partial charge >= 0.3 is 5.97 Å². The number of nitrogens with one attached hydrogen (secondary N) is 2. The molecule has 2 N–H and O–H groups in total. The Kier molecular flexibility index (Phi) is 7.42. The molecule has 0 radical (unpaired) electrons. The molecule has 0 atom stereocenters.